The minimum absolute atomic E-state index is 0.135. The first kappa shape index (κ1) is 25.8. The Balaban J connectivity index is 1.38. The SMILES string of the molecule is CN/C=C(\C=N)c1cc(-c2ccc(N3CCN(Cc4ccc(F)c(F)c4)CC3)nc2)c2c(C#N)c(N)nn2c1. The lowest BCUT2D eigenvalue weighted by Crippen LogP contribution is -2.46. The van der Waals surface area contributed by atoms with Crippen molar-refractivity contribution in [1.82, 2.24) is 24.8 Å². The summed E-state index contributed by atoms with van der Waals surface area (Å²) in [7, 11) is 1.76. The van der Waals surface area contributed by atoms with Gasteiger partial charge in [-0.1, -0.05) is 6.07 Å². The number of aromatic nitrogens is 3. The number of pyridine rings is 2. The van der Waals surface area contributed by atoms with Gasteiger partial charge < -0.3 is 21.4 Å². The highest BCUT2D eigenvalue weighted by molar-refractivity contribution is 6.09. The van der Waals surface area contributed by atoms with Gasteiger partial charge in [0.1, 0.15) is 17.5 Å². The summed E-state index contributed by atoms with van der Waals surface area (Å²) in [5.74, 6) is -0.709. The molecule has 0 amide bonds. The summed E-state index contributed by atoms with van der Waals surface area (Å²) < 4.78 is 28.4. The first-order valence-corrected chi connectivity index (χ1v) is 12.4. The Morgan fingerprint density at radius 3 is 2.59 bits per heavy atom. The molecule has 0 unspecified atom stereocenters. The highest BCUT2D eigenvalue weighted by Gasteiger charge is 2.21. The maximum Gasteiger partial charge on any atom is 0.164 e. The Labute approximate surface area is 224 Å². The number of nitrogens with zero attached hydrogens (tertiary/aromatic N) is 6. The van der Waals surface area contributed by atoms with E-state index in [1.807, 2.05) is 18.2 Å². The second-order valence-electron chi connectivity index (χ2n) is 9.26. The molecule has 39 heavy (non-hydrogen) atoms. The van der Waals surface area contributed by atoms with Crippen LogP contribution in [-0.2, 0) is 6.54 Å². The van der Waals surface area contributed by atoms with E-state index < -0.39 is 11.6 Å². The van der Waals surface area contributed by atoms with Crippen molar-refractivity contribution in [3.8, 4) is 17.2 Å². The molecule has 1 aromatic carbocycles. The van der Waals surface area contributed by atoms with Crippen LogP contribution in [0, 0.1) is 28.4 Å². The number of halogens is 2. The van der Waals surface area contributed by atoms with E-state index in [2.05, 4.69) is 26.3 Å². The van der Waals surface area contributed by atoms with Gasteiger partial charge in [0.25, 0.3) is 0 Å². The molecule has 4 aromatic rings. The van der Waals surface area contributed by atoms with Gasteiger partial charge in [0.15, 0.2) is 17.5 Å². The van der Waals surface area contributed by atoms with Gasteiger partial charge in [0, 0.05) is 86.8 Å². The molecule has 4 N–H and O–H groups in total. The van der Waals surface area contributed by atoms with Gasteiger partial charge >= 0.3 is 0 Å². The molecule has 0 atom stereocenters. The predicted octanol–water partition coefficient (Wildman–Crippen LogP) is 3.66. The van der Waals surface area contributed by atoms with E-state index in [0.717, 1.165) is 60.3 Å². The second kappa shape index (κ2) is 10.9. The quantitative estimate of drug-likeness (QED) is 0.314. The zero-order valence-corrected chi connectivity index (χ0v) is 21.3. The molecule has 198 valence electrons. The molecule has 9 nitrogen and oxygen atoms in total. The maximum atomic E-state index is 13.6. The van der Waals surface area contributed by atoms with Crippen LogP contribution in [0.3, 0.4) is 0 Å². The van der Waals surface area contributed by atoms with Gasteiger partial charge in [0.2, 0.25) is 0 Å². The molecule has 4 heterocycles. The largest absolute Gasteiger partial charge is 0.393 e. The minimum atomic E-state index is -0.837. The van der Waals surface area contributed by atoms with Gasteiger partial charge in [-0.3, -0.25) is 4.90 Å². The lowest BCUT2D eigenvalue weighted by Gasteiger charge is -2.35. The third kappa shape index (κ3) is 5.15. The number of piperazine rings is 1. The Kier molecular flexibility index (Phi) is 7.21. The van der Waals surface area contributed by atoms with Crippen molar-refractivity contribution in [2.24, 2.45) is 0 Å². The van der Waals surface area contributed by atoms with Gasteiger partial charge in [-0.2, -0.15) is 5.26 Å². The van der Waals surface area contributed by atoms with E-state index in [0.29, 0.717) is 17.6 Å². The van der Waals surface area contributed by atoms with Crippen LogP contribution in [-0.4, -0.2) is 58.9 Å². The van der Waals surface area contributed by atoms with Crippen molar-refractivity contribution >= 4 is 28.9 Å². The number of hydrogen-bond donors (Lipinski definition) is 3. The highest BCUT2D eigenvalue weighted by atomic mass is 19.2. The fourth-order valence-electron chi connectivity index (χ4n) is 4.81. The third-order valence-corrected chi connectivity index (χ3v) is 6.80. The number of allylic oxidation sites excluding steroid dienone is 1. The molecule has 1 aliphatic rings. The predicted molar refractivity (Wildman–Crippen MR) is 147 cm³/mol. The van der Waals surface area contributed by atoms with Gasteiger partial charge in [-0.25, -0.2) is 18.3 Å². The topological polar surface area (TPSA) is 122 Å². The van der Waals surface area contributed by atoms with Crippen molar-refractivity contribution in [2.75, 3.05) is 43.9 Å². The van der Waals surface area contributed by atoms with E-state index in [1.54, 1.807) is 36.2 Å². The average molecular weight is 528 g/mol. The average Bonchev–Trinajstić information content (AvgIpc) is 3.28. The number of rotatable bonds is 7. The molecule has 1 fully saturated rings. The van der Waals surface area contributed by atoms with Crippen molar-refractivity contribution in [3.05, 3.63) is 83.3 Å². The van der Waals surface area contributed by atoms with E-state index in [-0.39, 0.29) is 11.4 Å². The van der Waals surface area contributed by atoms with Crippen molar-refractivity contribution in [2.45, 2.75) is 6.54 Å². The second-order valence-corrected chi connectivity index (χ2v) is 9.26. The Bertz CT molecular complexity index is 1590. The summed E-state index contributed by atoms with van der Waals surface area (Å²) >= 11 is 0. The van der Waals surface area contributed by atoms with Gasteiger partial charge in [-0.05, 0) is 35.9 Å². The maximum absolute atomic E-state index is 13.6. The van der Waals surface area contributed by atoms with Crippen LogP contribution in [0.15, 0.2) is 55.0 Å². The number of nitriles is 1. The van der Waals surface area contributed by atoms with Crippen LogP contribution in [0.5, 0.6) is 0 Å². The summed E-state index contributed by atoms with van der Waals surface area (Å²) in [5, 5.41) is 24.8. The number of nitrogens with two attached hydrogens (primary N) is 1. The Morgan fingerprint density at radius 2 is 1.95 bits per heavy atom. The van der Waals surface area contributed by atoms with Crippen LogP contribution < -0.4 is 16.0 Å². The molecule has 1 saturated heterocycles. The molecule has 0 bridgehead atoms. The summed E-state index contributed by atoms with van der Waals surface area (Å²) in [6, 6.07) is 12.0. The monoisotopic (exact) mass is 527 g/mol. The molecule has 5 rings (SSSR count). The van der Waals surface area contributed by atoms with Crippen LogP contribution in [0.4, 0.5) is 20.4 Å². The summed E-state index contributed by atoms with van der Waals surface area (Å²) in [6.07, 6.45) is 6.46. The summed E-state index contributed by atoms with van der Waals surface area (Å²) in [6.45, 7) is 3.56. The first-order chi connectivity index (χ1) is 18.9. The first-order valence-electron chi connectivity index (χ1n) is 12.4. The Hall–Kier alpha value is -4.82. The zero-order valence-electron chi connectivity index (χ0n) is 21.3. The van der Waals surface area contributed by atoms with Crippen LogP contribution in [0.1, 0.15) is 16.7 Å². The minimum Gasteiger partial charge on any atom is -0.393 e. The number of nitrogens with one attached hydrogen (secondary N) is 2. The Morgan fingerprint density at radius 1 is 1.15 bits per heavy atom. The van der Waals surface area contributed by atoms with Crippen LogP contribution in [0.2, 0.25) is 0 Å². The molecular weight excluding hydrogens is 500 g/mol. The number of benzene rings is 1. The van der Waals surface area contributed by atoms with Crippen molar-refractivity contribution < 1.29 is 8.78 Å². The number of hydrogen-bond acceptors (Lipinski definition) is 8. The molecule has 0 saturated carbocycles. The fourth-order valence-corrected chi connectivity index (χ4v) is 4.81. The molecule has 0 aliphatic carbocycles. The lowest BCUT2D eigenvalue weighted by atomic mass is 10.0. The molecular formula is C28H27F2N9. The number of fused-ring (bicyclic) bond motifs is 1. The number of anilines is 2. The third-order valence-electron chi connectivity index (χ3n) is 6.80. The van der Waals surface area contributed by atoms with E-state index in [4.69, 9.17) is 16.1 Å². The molecule has 11 heteroatoms. The molecule has 1 aliphatic heterocycles. The van der Waals surface area contributed by atoms with Crippen molar-refractivity contribution in [3.63, 3.8) is 0 Å². The van der Waals surface area contributed by atoms with E-state index in [9.17, 15) is 14.0 Å². The van der Waals surface area contributed by atoms with E-state index in [1.165, 1.54) is 12.3 Å². The molecule has 0 spiro atoms. The summed E-state index contributed by atoms with van der Waals surface area (Å²) in [5.41, 5.74) is 10.5. The smallest absolute Gasteiger partial charge is 0.164 e. The lowest BCUT2D eigenvalue weighted by molar-refractivity contribution is 0.249. The van der Waals surface area contributed by atoms with Gasteiger partial charge in [0.05, 0.1) is 5.52 Å². The molecule has 0 radical (unpaired) electrons. The summed E-state index contributed by atoms with van der Waals surface area (Å²) in [4.78, 5) is 9.09. The fraction of sp³-hybridized carbons (Fsp3) is 0.214. The van der Waals surface area contributed by atoms with Crippen LogP contribution >= 0.6 is 0 Å². The van der Waals surface area contributed by atoms with Gasteiger partial charge in [-0.15, -0.1) is 5.10 Å². The number of nitrogen functional groups attached to an aromatic ring is 1. The normalized spacial score (nSPS) is 14.4. The van der Waals surface area contributed by atoms with E-state index >= 15 is 0 Å². The standard InChI is InChI=1S/C28H27F2N9/c1-34-14-21(12-31)20-11-22(27-23(13-32)28(33)36-39(27)17-20)19-3-5-26(35-15-19)38-8-6-37(7-9-38)16-18-2-4-24(29)25(30)10-18/h2-5,10-12,14-15,17,31,34H,6-9,16H2,1H3,(H2,33,36)/b21-14+,31-12?. The molecule has 3 aromatic heterocycles. The zero-order chi connectivity index (χ0) is 27.5. The van der Waals surface area contributed by atoms with Crippen LogP contribution in [0.25, 0.3) is 22.2 Å². The van der Waals surface area contributed by atoms with Crippen molar-refractivity contribution in [1.29, 1.82) is 10.7 Å². The highest BCUT2D eigenvalue weighted by Crippen LogP contribution is 2.32.